The summed E-state index contributed by atoms with van der Waals surface area (Å²) in [5.41, 5.74) is 15.2. The van der Waals surface area contributed by atoms with Crippen molar-refractivity contribution in [3.8, 4) is 39.4 Å². The molecule has 0 aliphatic rings. The van der Waals surface area contributed by atoms with Crippen molar-refractivity contribution < 1.29 is 5.11 Å². The lowest BCUT2D eigenvalue weighted by molar-refractivity contribution is 0.477. The highest BCUT2D eigenvalue weighted by molar-refractivity contribution is 6.09. The van der Waals surface area contributed by atoms with Crippen molar-refractivity contribution in [2.75, 3.05) is 10.6 Å². The molecule has 8 nitrogen and oxygen atoms in total. The molecule has 0 radical (unpaired) electrons. The smallest absolute Gasteiger partial charge is 0.123 e. The predicted octanol–water partition coefficient (Wildman–Crippen LogP) is 14.2. The highest BCUT2D eigenvalue weighted by Crippen LogP contribution is 2.40. The SMILES string of the molecule is Oc1ccc(-c2cccc(-n3[nH]c4ccccc4[nH]c4cc(-n5c6ccccc6c6ccccc65)ccc43)c2)cc1-c1ccccc1Nc1ccccc1NC=Nc1ccccc1. The number of hydrogen-bond donors (Lipinski definition) is 5. The molecule has 0 saturated carbocycles. The van der Waals surface area contributed by atoms with Gasteiger partial charge >= 0.3 is 0 Å². The molecule has 0 spiro atoms. The Balaban J connectivity index is 0.975. The van der Waals surface area contributed by atoms with Crippen LogP contribution in [0.1, 0.15) is 0 Å². The van der Waals surface area contributed by atoms with E-state index in [1.54, 1.807) is 12.4 Å². The number of nitrogens with zero attached hydrogens (tertiary/aromatic N) is 3. The third-order valence-corrected chi connectivity index (χ3v) is 11.5. The molecule has 0 aliphatic carbocycles. The normalized spacial score (nSPS) is 11.5. The fourth-order valence-corrected chi connectivity index (χ4v) is 8.51. The molecule has 302 valence electrons. The molecule has 5 N–H and O–H groups in total. The number of hydrogen-bond acceptors (Lipinski definition) is 3. The van der Waals surface area contributed by atoms with Crippen LogP contribution in [-0.4, -0.2) is 30.8 Å². The summed E-state index contributed by atoms with van der Waals surface area (Å²) >= 11 is 0. The van der Waals surface area contributed by atoms with E-state index < -0.39 is 0 Å². The Morgan fingerprint density at radius 1 is 0.460 bits per heavy atom. The Kier molecular flexibility index (Phi) is 9.48. The zero-order valence-electron chi connectivity index (χ0n) is 34.1. The molecule has 11 rings (SSSR count). The summed E-state index contributed by atoms with van der Waals surface area (Å²) < 4.78 is 4.49. The van der Waals surface area contributed by atoms with E-state index in [1.807, 2.05) is 97.1 Å². The van der Waals surface area contributed by atoms with Gasteiger partial charge in [-0.15, -0.1) is 0 Å². The third kappa shape index (κ3) is 7.11. The molecule has 0 fully saturated rings. The van der Waals surface area contributed by atoms with E-state index in [4.69, 9.17) is 0 Å². The minimum atomic E-state index is 0.190. The van der Waals surface area contributed by atoms with Gasteiger partial charge in [0.1, 0.15) is 5.75 Å². The molecule has 8 heteroatoms. The number of anilines is 3. The van der Waals surface area contributed by atoms with E-state index in [9.17, 15) is 5.11 Å². The maximum atomic E-state index is 11.4. The standard InChI is InChI=1S/C55H41N7O/c63-55-32-29-38(34-45(55)42-19-4-7-22-46(42)58-48-24-9-8-23-47(48)57-36-56-39-16-2-1-3-17-39)37-15-14-18-41(33-37)62-54-31-30-40(35-51(54)59-49-25-10-11-26-50(49)60-62)61-52-27-12-5-20-43(52)44-21-6-13-28-53(44)61/h1-36,58-60,63H,(H,56,57). The van der Waals surface area contributed by atoms with Crippen molar-refractivity contribution in [2.24, 2.45) is 4.99 Å². The number of aromatic nitrogens is 4. The molecule has 0 bridgehead atoms. The molecule has 2 aromatic heterocycles. The van der Waals surface area contributed by atoms with Crippen LogP contribution in [0.2, 0.25) is 0 Å². The minimum Gasteiger partial charge on any atom is -0.507 e. The first-order valence-corrected chi connectivity index (χ1v) is 20.9. The second kappa shape index (κ2) is 16.0. The van der Waals surface area contributed by atoms with Crippen LogP contribution in [0.15, 0.2) is 217 Å². The van der Waals surface area contributed by atoms with Crippen molar-refractivity contribution in [1.82, 2.24) is 19.3 Å². The molecule has 11 aromatic rings. The number of rotatable bonds is 9. The van der Waals surface area contributed by atoms with E-state index in [-0.39, 0.29) is 5.75 Å². The number of aliphatic imine (C=N–C) groups is 1. The Morgan fingerprint density at radius 2 is 1.13 bits per heavy atom. The summed E-state index contributed by atoms with van der Waals surface area (Å²) in [6.45, 7) is 0. The summed E-state index contributed by atoms with van der Waals surface area (Å²) in [5.74, 6) is 0.190. The van der Waals surface area contributed by atoms with E-state index >= 15 is 0 Å². The van der Waals surface area contributed by atoms with Crippen LogP contribution in [0, 0.1) is 0 Å². The third-order valence-electron chi connectivity index (χ3n) is 11.5. The molecular formula is C55H41N7O. The molecule has 0 amide bonds. The summed E-state index contributed by atoms with van der Waals surface area (Å²) in [5, 5.41) is 24.6. The van der Waals surface area contributed by atoms with Crippen LogP contribution in [0.4, 0.5) is 22.7 Å². The van der Waals surface area contributed by atoms with Gasteiger partial charge in [-0.25, -0.2) is 4.99 Å². The van der Waals surface area contributed by atoms with E-state index in [0.717, 1.165) is 83.9 Å². The van der Waals surface area contributed by atoms with Gasteiger partial charge in [0, 0.05) is 33.3 Å². The number of phenolic OH excluding ortho intramolecular Hbond substituents is 1. The van der Waals surface area contributed by atoms with Gasteiger partial charge in [-0.05, 0) is 108 Å². The maximum Gasteiger partial charge on any atom is 0.123 e. The predicted molar refractivity (Wildman–Crippen MR) is 262 cm³/mol. The van der Waals surface area contributed by atoms with Crippen molar-refractivity contribution in [2.45, 2.75) is 0 Å². The average molecular weight is 816 g/mol. The topological polar surface area (TPSA) is 98.1 Å². The van der Waals surface area contributed by atoms with Crippen LogP contribution < -0.4 is 10.6 Å². The summed E-state index contributed by atoms with van der Waals surface area (Å²) in [4.78, 5) is 8.31. The van der Waals surface area contributed by atoms with Gasteiger partial charge in [-0.1, -0.05) is 115 Å². The molecule has 2 heterocycles. The second-order valence-corrected chi connectivity index (χ2v) is 15.4. The van der Waals surface area contributed by atoms with Crippen LogP contribution in [-0.2, 0) is 0 Å². The molecule has 9 aromatic carbocycles. The number of benzene rings is 9. The first-order chi connectivity index (χ1) is 31.1. The van der Waals surface area contributed by atoms with Crippen LogP contribution in [0.3, 0.4) is 0 Å². The first kappa shape index (κ1) is 37.3. The molecule has 0 saturated heterocycles. The summed E-state index contributed by atoms with van der Waals surface area (Å²) in [7, 11) is 0. The van der Waals surface area contributed by atoms with Crippen LogP contribution in [0.25, 0.3) is 77.5 Å². The van der Waals surface area contributed by atoms with Gasteiger partial charge < -0.3 is 25.3 Å². The highest BCUT2D eigenvalue weighted by atomic mass is 16.3. The van der Waals surface area contributed by atoms with Crippen LogP contribution in [0.5, 0.6) is 5.75 Å². The molecule has 0 atom stereocenters. The Morgan fingerprint density at radius 3 is 1.94 bits per heavy atom. The van der Waals surface area contributed by atoms with E-state index in [1.165, 1.54) is 10.8 Å². The minimum absolute atomic E-state index is 0.190. The fraction of sp³-hybridized carbons (Fsp3) is 0. The lowest BCUT2D eigenvalue weighted by Crippen LogP contribution is -2.01. The van der Waals surface area contributed by atoms with Crippen molar-refractivity contribution in [1.29, 1.82) is 0 Å². The molecule has 63 heavy (non-hydrogen) atoms. The summed E-state index contributed by atoms with van der Waals surface area (Å²) in [6.07, 6.45) is 1.70. The number of aromatic hydroxyl groups is 1. The van der Waals surface area contributed by atoms with E-state index in [0.29, 0.717) is 5.56 Å². The molecule has 0 unspecified atom stereocenters. The van der Waals surface area contributed by atoms with Gasteiger partial charge in [-0.2, -0.15) is 0 Å². The zero-order valence-corrected chi connectivity index (χ0v) is 34.1. The Labute approximate surface area is 363 Å². The fourth-order valence-electron chi connectivity index (χ4n) is 8.51. The monoisotopic (exact) mass is 815 g/mol. The number of H-pyrrole nitrogens is 2. The highest BCUT2D eigenvalue weighted by Gasteiger charge is 2.16. The van der Waals surface area contributed by atoms with Crippen LogP contribution >= 0.6 is 0 Å². The number of phenols is 1. The first-order valence-electron chi connectivity index (χ1n) is 20.9. The van der Waals surface area contributed by atoms with Gasteiger partial charge in [-0.3, -0.25) is 9.78 Å². The zero-order chi connectivity index (χ0) is 42.1. The molecular weight excluding hydrogens is 775 g/mol. The quantitative estimate of drug-likeness (QED) is 0.0741. The Bertz CT molecular complexity index is 3500. The lowest BCUT2D eigenvalue weighted by atomic mass is 9.96. The average Bonchev–Trinajstić information content (AvgIpc) is 3.57. The van der Waals surface area contributed by atoms with Crippen molar-refractivity contribution >= 4 is 73.0 Å². The van der Waals surface area contributed by atoms with Gasteiger partial charge in [0.25, 0.3) is 0 Å². The van der Waals surface area contributed by atoms with Gasteiger partial charge in [0.05, 0.1) is 62.2 Å². The van der Waals surface area contributed by atoms with Crippen molar-refractivity contribution in [3.63, 3.8) is 0 Å². The summed E-state index contributed by atoms with van der Waals surface area (Å²) in [6, 6.07) is 72.2. The van der Waals surface area contributed by atoms with E-state index in [2.05, 4.69) is 144 Å². The number of aromatic amines is 2. The maximum absolute atomic E-state index is 11.4. The number of nitrogens with one attached hydrogen (secondary N) is 4. The largest absolute Gasteiger partial charge is 0.507 e. The van der Waals surface area contributed by atoms with Gasteiger partial charge in [0.2, 0.25) is 0 Å². The van der Waals surface area contributed by atoms with Crippen molar-refractivity contribution in [3.05, 3.63) is 212 Å². The van der Waals surface area contributed by atoms with Gasteiger partial charge in [0.15, 0.2) is 0 Å². The Hall–Kier alpha value is -8.75. The number of para-hydroxylation sites is 8. The second-order valence-electron chi connectivity index (χ2n) is 15.4. The molecule has 0 aliphatic heterocycles. The number of fused-ring (bicyclic) bond motifs is 5. The lowest BCUT2D eigenvalue weighted by Gasteiger charge is -2.17.